The van der Waals surface area contributed by atoms with Gasteiger partial charge in [0.15, 0.2) is 0 Å². The van der Waals surface area contributed by atoms with Gasteiger partial charge >= 0.3 is 7.60 Å². The first kappa shape index (κ1) is 10.5. The van der Waals surface area contributed by atoms with E-state index in [-0.39, 0.29) is 6.10 Å². The normalized spacial score (nSPS) is 30.1. The van der Waals surface area contributed by atoms with Crippen molar-refractivity contribution in [2.24, 2.45) is 0 Å². The Balaban J connectivity index is 2.12. The number of hydrogen-bond acceptors (Lipinski definition) is 3. The quantitative estimate of drug-likeness (QED) is 0.571. The molecular formula is C11H13O3P. The van der Waals surface area contributed by atoms with Crippen LogP contribution in [0, 0.1) is 0 Å². The largest absolute Gasteiger partial charge is 0.424 e. The summed E-state index contributed by atoms with van der Waals surface area (Å²) in [5, 5.41) is 0. The molecule has 0 radical (unpaired) electrons. The fraction of sp³-hybridized carbons (Fsp3) is 0.273. The van der Waals surface area contributed by atoms with Crippen molar-refractivity contribution >= 4 is 7.60 Å². The highest BCUT2D eigenvalue weighted by Crippen LogP contribution is 2.51. The van der Waals surface area contributed by atoms with Gasteiger partial charge in [-0.3, -0.25) is 4.52 Å². The number of benzene rings is 1. The van der Waals surface area contributed by atoms with Gasteiger partial charge in [-0.15, -0.1) is 0 Å². The van der Waals surface area contributed by atoms with E-state index in [1.807, 2.05) is 37.3 Å². The van der Waals surface area contributed by atoms with Crippen molar-refractivity contribution in [3.8, 4) is 5.75 Å². The van der Waals surface area contributed by atoms with Crippen LogP contribution in [0.4, 0.5) is 0 Å². The zero-order valence-electron chi connectivity index (χ0n) is 8.50. The van der Waals surface area contributed by atoms with Crippen LogP contribution in [0.1, 0.15) is 6.92 Å². The molecule has 0 amide bonds. The molecule has 2 rings (SSSR count). The number of para-hydroxylation sites is 1. The lowest BCUT2D eigenvalue weighted by atomic mass is 10.3. The molecule has 1 aromatic rings. The second-order valence-corrected chi connectivity index (χ2v) is 5.42. The maximum Gasteiger partial charge on any atom is 0.383 e. The Kier molecular flexibility index (Phi) is 2.94. The minimum absolute atomic E-state index is 0.145. The van der Waals surface area contributed by atoms with Crippen molar-refractivity contribution in [2.45, 2.75) is 13.0 Å². The summed E-state index contributed by atoms with van der Waals surface area (Å²) in [6.07, 6.45) is 3.92. The molecule has 0 saturated carbocycles. The van der Waals surface area contributed by atoms with Gasteiger partial charge in [0.25, 0.3) is 0 Å². The molecule has 1 heterocycles. The van der Waals surface area contributed by atoms with Crippen molar-refractivity contribution in [3.05, 3.63) is 42.5 Å². The van der Waals surface area contributed by atoms with Crippen LogP contribution in [-0.4, -0.2) is 12.3 Å². The third-order valence-corrected chi connectivity index (χ3v) is 3.85. The lowest BCUT2D eigenvalue weighted by Gasteiger charge is -2.23. The number of hydrogen-bond donors (Lipinski definition) is 0. The van der Waals surface area contributed by atoms with Gasteiger partial charge in [-0.05, 0) is 19.1 Å². The second-order valence-electron chi connectivity index (χ2n) is 3.44. The van der Waals surface area contributed by atoms with Gasteiger partial charge in [0.2, 0.25) is 0 Å². The van der Waals surface area contributed by atoms with Crippen molar-refractivity contribution in [3.63, 3.8) is 0 Å². The molecule has 0 N–H and O–H groups in total. The zero-order valence-corrected chi connectivity index (χ0v) is 9.39. The summed E-state index contributed by atoms with van der Waals surface area (Å²) in [7, 11) is -2.98. The van der Waals surface area contributed by atoms with Crippen LogP contribution >= 0.6 is 7.60 Å². The summed E-state index contributed by atoms with van der Waals surface area (Å²) in [4.78, 5) is 0. The predicted octanol–water partition coefficient (Wildman–Crippen LogP) is 3.23. The standard InChI is InChI=1S/C11H13O3P/c1-10-6-5-9-15(12,13-10)14-11-7-3-2-4-8-11/h2-8,10H,9H2,1H3/t10-,15-/m1/s1. The first-order valence-electron chi connectivity index (χ1n) is 4.87. The molecule has 4 heteroatoms. The highest BCUT2D eigenvalue weighted by Gasteiger charge is 2.29. The van der Waals surface area contributed by atoms with Gasteiger partial charge < -0.3 is 4.52 Å². The van der Waals surface area contributed by atoms with E-state index in [9.17, 15) is 4.57 Å². The molecule has 1 aromatic carbocycles. The zero-order chi connectivity index (χ0) is 10.7. The Labute approximate surface area is 89.3 Å². The first-order chi connectivity index (χ1) is 7.18. The van der Waals surface area contributed by atoms with Crippen LogP contribution in [0.3, 0.4) is 0 Å². The van der Waals surface area contributed by atoms with E-state index in [4.69, 9.17) is 9.05 Å². The molecule has 0 aliphatic carbocycles. The van der Waals surface area contributed by atoms with Crippen molar-refractivity contribution < 1.29 is 13.6 Å². The van der Waals surface area contributed by atoms with Crippen LogP contribution in [0.2, 0.25) is 0 Å². The van der Waals surface area contributed by atoms with E-state index in [1.54, 1.807) is 12.1 Å². The molecule has 0 aromatic heterocycles. The summed E-state index contributed by atoms with van der Waals surface area (Å²) >= 11 is 0. The molecule has 0 unspecified atom stereocenters. The van der Waals surface area contributed by atoms with Crippen LogP contribution in [0.25, 0.3) is 0 Å². The molecular weight excluding hydrogens is 211 g/mol. The van der Waals surface area contributed by atoms with Gasteiger partial charge in [0.05, 0.1) is 12.3 Å². The lowest BCUT2D eigenvalue weighted by molar-refractivity contribution is 0.226. The van der Waals surface area contributed by atoms with Gasteiger partial charge in [0, 0.05) is 0 Å². The second kappa shape index (κ2) is 4.21. The fourth-order valence-electron chi connectivity index (χ4n) is 1.41. The van der Waals surface area contributed by atoms with Gasteiger partial charge in [-0.1, -0.05) is 30.4 Å². The molecule has 80 valence electrons. The molecule has 0 spiro atoms. The van der Waals surface area contributed by atoms with Gasteiger partial charge in [0.1, 0.15) is 5.75 Å². The Morgan fingerprint density at radius 1 is 1.40 bits per heavy atom. The fourth-order valence-corrected chi connectivity index (χ4v) is 3.02. The third-order valence-electron chi connectivity index (χ3n) is 2.05. The maximum atomic E-state index is 12.1. The Morgan fingerprint density at radius 2 is 2.13 bits per heavy atom. The smallest absolute Gasteiger partial charge is 0.383 e. The van der Waals surface area contributed by atoms with Crippen LogP contribution in [0.5, 0.6) is 5.75 Å². The Hall–Kier alpha value is -1.05. The summed E-state index contributed by atoms with van der Waals surface area (Å²) in [5.41, 5.74) is 0. The number of rotatable bonds is 2. The molecule has 15 heavy (non-hydrogen) atoms. The van der Waals surface area contributed by atoms with Crippen LogP contribution in [0.15, 0.2) is 42.5 Å². The average molecular weight is 224 g/mol. The van der Waals surface area contributed by atoms with Crippen molar-refractivity contribution in [1.82, 2.24) is 0 Å². The monoisotopic (exact) mass is 224 g/mol. The highest BCUT2D eigenvalue weighted by molar-refractivity contribution is 7.54. The number of allylic oxidation sites excluding steroid dienone is 1. The van der Waals surface area contributed by atoms with E-state index in [0.29, 0.717) is 11.9 Å². The SMILES string of the molecule is C[C@@H]1C=CC[P@](=O)(Oc2ccccc2)O1. The minimum atomic E-state index is -2.98. The van der Waals surface area contributed by atoms with E-state index in [2.05, 4.69) is 0 Å². The van der Waals surface area contributed by atoms with Crippen LogP contribution < -0.4 is 4.52 Å². The van der Waals surface area contributed by atoms with E-state index >= 15 is 0 Å². The van der Waals surface area contributed by atoms with Crippen molar-refractivity contribution in [2.75, 3.05) is 6.16 Å². The molecule has 0 saturated heterocycles. The molecule has 0 fully saturated rings. The van der Waals surface area contributed by atoms with Crippen molar-refractivity contribution in [1.29, 1.82) is 0 Å². The molecule has 0 bridgehead atoms. The van der Waals surface area contributed by atoms with Gasteiger partial charge in [-0.2, -0.15) is 0 Å². The van der Waals surface area contributed by atoms with E-state index < -0.39 is 7.60 Å². The topological polar surface area (TPSA) is 35.5 Å². The highest BCUT2D eigenvalue weighted by atomic mass is 31.2. The van der Waals surface area contributed by atoms with E-state index in [1.165, 1.54) is 0 Å². The maximum absolute atomic E-state index is 12.1. The third kappa shape index (κ3) is 2.71. The lowest BCUT2D eigenvalue weighted by Crippen LogP contribution is -2.12. The molecule has 1 aliphatic heterocycles. The Morgan fingerprint density at radius 3 is 2.80 bits per heavy atom. The molecule has 1 aliphatic rings. The van der Waals surface area contributed by atoms with E-state index in [0.717, 1.165) is 0 Å². The predicted molar refractivity (Wildman–Crippen MR) is 59.2 cm³/mol. The van der Waals surface area contributed by atoms with Crippen LogP contribution in [-0.2, 0) is 9.09 Å². The minimum Gasteiger partial charge on any atom is -0.424 e. The van der Waals surface area contributed by atoms with Gasteiger partial charge in [-0.25, -0.2) is 4.57 Å². The Bertz CT molecular complexity index is 400. The average Bonchev–Trinajstić information content (AvgIpc) is 2.18. The summed E-state index contributed by atoms with van der Waals surface area (Å²) < 4.78 is 22.8. The summed E-state index contributed by atoms with van der Waals surface area (Å²) in [6.45, 7) is 1.84. The molecule has 2 atom stereocenters. The first-order valence-corrected chi connectivity index (χ1v) is 6.59. The summed E-state index contributed by atoms with van der Waals surface area (Å²) in [6, 6.07) is 9.10. The summed E-state index contributed by atoms with van der Waals surface area (Å²) in [5.74, 6) is 0.586. The molecule has 3 nitrogen and oxygen atoms in total.